The normalized spacial score (nSPS) is 17.9. The molecule has 2 aliphatic heterocycles. The molecular weight excluding hydrogens is 418 g/mol. The van der Waals surface area contributed by atoms with Crippen molar-refractivity contribution in [3.63, 3.8) is 0 Å². The number of allylic oxidation sites excluding steroid dienone is 1. The molecule has 0 saturated carbocycles. The van der Waals surface area contributed by atoms with Gasteiger partial charge in [0.1, 0.15) is 5.71 Å². The molecule has 0 spiro atoms. The van der Waals surface area contributed by atoms with E-state index in [9.17, 15) is 19.2 Å². The first-order chi connectivity index (χ1) is 14.8. The standard InChI is InChI=1S/C22H25N3O5S/c1-4-30-21(28)15-5-7-16(8-6-15)23-18(26)13-25-17-10-12-31-19(17)20(27)24(22(25)29)11-9-14(2)3/h5-8,10,12,14,19H,4,9,11,13H2,1-3H3/p+1. The summed E-state index contributed by atoms with van der Waals surface area (Å²) in [5.41, 5.74) is 1.42. The van der Waals surface area contributed by atoms with Crippen LogP contribution in [0.1, 0.15) is 37.6 Å². The lowest BCUT2D eigenvalue weighted by Crippen LogP contribution is -2.56. The number of hydrogen-bond donors (Lipinski definition) is 1. The van der Waals surface area contributed by atoms with Crippen molar-refractivity contribution >= 4 is 47.0 Å². The molecule has 0 aromatic heterocycles. The lowest BCUT2D eigenvalue weighted by atomic mass is 10.1. The first kappa shape index (κ1) is 22.7. The summed E-state index contributed by atoms with van der Waals surface area (Å²) in [6.07, 6.45) is 2.41. The van der Waals surface area contributed by atoms with Crippen LogP contribution in [0, 0.1) is 5.92 Å². The van der Waals surface area contributed by atoms with Gasteiger partial charge < -0.3 is 10.1 Å². The van der Waals surface area contributed by atoms with Crippen LogP contribution in [0.25, 0.3) is 0 Å². The Bertz CT molecular complexity index is 952. The Morgan fingerprint density at radius 2 is 1.94 bits per heavy atom. The average Bonchev–Trinajstić information content (AvgIpc) is 3.21. The molecule has 2 aliphatic rings. The largest absolute Gasteiger partial charge is 0.501 e. The van der Waals surface area contributed by atoms with Crippen molar-refractivity contribution in [1.82, 2.24) is 4.90 Å². The topological polar surface area (TPSA) is 95.8 Å². The summed E-state index contributed by atoms with van der Waals surface area (Å²) in [4.78, 5) is 51.4. The van der Waals surface area contributed by atoms with Gasteiger partial charge in [-0.15, -0.1) is 11.8 Å². The van der Waals surface area contributed by atoms with Crippen molar-refractivity contribution in [1.29, 1.82) is 0 Å². The third-order valence-corrected chi connectivity index (χ3v) is 5.91. The van der Waals surface area contributed by atoms with Crippen molar-refractivity contribution in [2.45, 2.75) is 32.4 Å². The van der Waals surface area contributed by atoms with Crippen LogP contribution in [0.4, 0.5) is 10.5 Å². The van der Waals surface area contributed by atoms with Gasteiger partial charge in [0.05, 0.1) is 18.7 Å². The number of urea groups is 1. The van der Waals surface area contributed by atoms with Crippen molar-refractivity contribution in [2.75, 3.05) is 25.0 Å². The van der Waals surface area contributed by atoms with E-state index in [1.54, 1.807) is 42.7 Å². The summed E-state index contributed by atoms with van der Waals surface area (Å²) in [5.74, 6) is -0.720. The van der Waals surface area contributed by atoms with Crippen molar-refractivity contribution in [3.8, 4) is 0 Å². The summed E-state index contributed by atoms with van der Waals surface area (Å²) in [7, 11) is 0. The number of thioether (sulfide) groups is 1. The molecule has 9 heteroatoms. The van der Waals surface area contributed by atoms with E-state index in [0.29, 0.717) is 35.8 Å². The van der Waals surface area contributed by atoms with E-state index in [4.69, 9.17) is 4.74 Å². The highest BCUT2D eigenvalue weighted by Gasteiger charge is 2.49. The maximum absolute atomic E-state index is 13.0. The number of amides is 4. The van der Waals surface area contributed by atoms with Gasteiger partial charge in [-0.1, -0.05) is 13.8 Å². The van der Waals surface area contributed by atoms with E-state index in [1.165, 1.54) is 21.2 Å². The summed E-state index contributed by atoms with van der Waals surface area (Å²) < 4.78 is 6.31. The van der Waals surface area contributed by atoms with Crippen molar-refractivity contribution < 1.29 is 28.5 Å². The quantitative estimate of drug-likeness (QED) is 0.489. The molecule has 164 valence electrons. The van der Waals surface area contributed by atoms with E-state index in [0.717, 1.165) is 0 Å². The van der Waals surface area contributed by atoms with Gasteiger partial charge >= 0.3 is 17.9 Å². The fraction of sp³-hybridized carbons (Fsp3) is 0.409. The van der Waals surface area contributed by atoms with Gasteiger partial charge in [0.25, 0.3) is 5.91 Å². The number of nitrogens with zero attached hydrogens (tertiary/aromatic N) is 2. The fourth-order valence-electron chi connectivity index (χ4n) is 3.25. The number of hydrogen-bond acceptors (Lipinski definition) is 6. The molecule has 4 amide bonds. The maximum Gasteiger partial charge on any atom is 0.501 e. The van der Waals surface area contributed by atoms with Gasteiger partial charge in [0.15, 0.2) is 11.8 Å². The first-order valence-electron chi connectivity index (χ1n) is 10.2. The van der Waals surface area contributed by atoms with E-state index in [-0.39, 0.29) is 19.1 Å². The highest BCUT2D eigenvalue weighted by atomic mass is 32.2. The number of imide groups is 1. The van der Waals surface area contributed by atoms with Crippen LogP contribution in [0.2, 0.25) is 0 Å². The Hall–Kier alpha value is -2.94. The molecule has 0 radical (unpaired) electrons. The van der Waals surface area contributed by atoms with Gasteiger partial charge in [0, 0.05) is 5.69 Å². The molecule has 0 bridgehead atoms. The molecule has 1 aromatic carbocycles. The molecule has 1 unspecified atom stereocenters. The van der Waals surface area contributed by atoms with Crippen LogP contribution in [-0.2, 0) is 14.3 Å². The van der Waals surface area contributed by atoms with Crippen LogP contribution in [-0.4, -0.2) is 63.9 Å². The number of anilines is 1. The van der Waals surface area contributed by atoms with Gasteiger partial charge in [-0.25, -0.2) is 9.59 Å². The van der Waals surface area contributed by atoms with E-state index >= 15 is 0 Å². The van der Waals surface area contributed by atoms with Crippen LogP contribution in [0.15, 0.2) is 35.7 Å². The minimum Gasteiger partial charge on any atom is -0.462 e. The molecule has 8 nitrogen and oxygen atoms in total. The van der Waals surface area contributed by atoms with E-state index in [2.05, 4.69) is 5.32 Å². The van der Waals surface area contributed by atoms with E-state index in [1.807, 2.05) is 13.8 Å². The van der Waals surface area contributed by atoms with Gasteiger partial charge in [0.2, 0.25) is 0 Å². The molecule has 1 aromatic rings. The number of fused-ring (bicyclic) bond motifs is 1. The number of ether oxygens (including phenoxy) is 1. The zero-order chi connectivity index (χ0) is 22.5. The molecule has 3 rings (SSSR count). The number of nitrogens with one attached hydrogen (secondary N) is 1. The highest BCUT2D eigenvalue weighted by Crippen LogP contribution is 2.28. The lowest BCUT2D eigenvalue weighted by Gasteiger charge is -2.24. The van der Waals surface area contributed by atoms with Crippen LogP contribution in [0.5, 0.6) is 0 Å². The second-order valence-corrected chi connectivity index (χ2v) is 8.65. The second-order valence-electron chi connectivity index (χ2n) is 7.63. The molecule has 1 atom stereocenters. The van der Waals surface area contributed by atoms with Crippen molar-refractivity contribution in [3.05, 3.63) is 41.3 Å². The third-order valence-electron chi connectivity index (χ3n) is 4.90. The number of esters is 1. The zero-order valence-corrected chi connectivity index (χ0v) is 18.6. The Labute approximate surface area is 185 Å². The Morgan fingerprint density at radius 3 is 2.58 bits per heavy atom. The predicted molar refractivity (Wildman–Crippen MR) is 118 cm³/mol. The molecule has 0 saturated heterocycles. The molecule has 0 fully saturated rings. The van der Waals surface area contributed by atoms with Gasteiger partial charge in [-0.3, -0.25) is 4.79 Å². The first-order valence-corrected chi connectivity index (χ1v) is 11.1. The fourth-order valence-corrected chi connectivity index (χ4v) is 4.22. The molecular formula is C22H26N3O5S+. The Morgan fingerprint density at radius 1 is 1.23 bits per heavy atom. The SMILES string of the molecule is CCOC(=O)c1ccc(NC(=O)C[N+]2=C3C=CSC3C(=O)N(CCC(C)C)C2=O)cc1. The number of carbonyl (C=O) groups is 4. The smallest absolute Gasteiger partial charge is 0.462 e. The average molecular weight is 445 g/mol. The predicted octanol–water partition coefficient (Wildman–Crippen LogP) is 2.89. The van der Waals surface area contributed by atoms with Gasteiger partial charge in [-0.05, 0) is 55.0 Å². The summed E-state index contributed by atoms with van der Waals surface area (Å²) in [5, 5.41) is 4.01. The monoisotopic (exact) mass is 444 g/mol. The van der Waals surface area contributed by atoms with Crippen LogP contribution >= 0.6 is 11.8 Å². The van der Waals surface area contributed by atoms with Crippen LogP contribution in [0.3, 0.4) is 0 Å². The molecule has 1 N–H and O–H groups in total. The number of rotatable bonds is 8. The summed E-state index contributed by atoms with van der Waals surface area (Å²) in [6.45, 7) is 6.19. The highest BCUT2D eigenvalue weighted by molar-refractivity contribution is 8.04. The van der Waals surface area contributed by atoms with Crippen molar-refractivity contribution in [2.24, 2.45) is 5.92 Å². The molecule has 31 heavy (non-hydrogen) atoms. The summed E-state index contributed by atoms with van der Waals surface area (Å²) >= 11 is 1.34. The second kappa shape index (κ2) is 9.91. The maximum atomic E-state index is 13.0. The number of benzene rings is 1. The zero-order valence-electron chi connectivity index (χ0n) is 17.8. The minimum atomic E-state index is -0.499. The Balaban J connectivity index is 1.72. The van der Waals surface area contributed by atoms with Gasteiger partial charge in [-0.2, -0.15) is 14.3 Å². The minimum absolute atomic E-state index is 0.208. The van der Waals surface area contributed by atoms with E-state index < -0.39 is 23.2 Å². The van der Waals surface area contributed by atoms with Crippen LogP contribution < -0.4 is 5.32 Å². The third kappa shape index (κ3) is 5.22. The number of carbonyl (C=O) groups excluding carboxylic acids is 4. The molecule has 0 aliphatic carbocycles. The lowest BCUT2D eigenvalue weighted by molar-refractivity contribution is -0.425. The molecule has 2 heterocycles. The Kier molecular flexibility index (Phi) is 7.27. The summed E-state index contributed by atoms with van der Waals surface area (Å²) in [6, 6.07) is 5.85.